The Morgan fingerprint density at radius 2 is 2.00 bits per heavy atom. The molecule has 1 fully saturated rings. The van der Waals surface area contributed by atoms with Crippen molar-refractivity contribution in [3.63, 3.8) is 0 Å². The molecule has 0 bridgehead atoms. The van der Waals surface area contributed by atoms with Crippen molar-refractivity contribution >= 4 is 0 Å². The van der Waals surface area contributed by atoms with E-state index in [1.165, 1.54) is 12.4 Å². The lowest BCUT2D eigenvalue weighted by atomic mass is 10.2. The molecule has 2 atom stereocenters. The molecule has 0 unspecified atom stereocenters. The van der Waals surface area contributed by atoms with Crippen LogP contribution in [0.5, 0.6) is 0 Å². The van der Waals surface area contributed by atoms with Gasteiger partial charge in [-0.25, -0.2) is 0 Å². The molecule has 11 heavy (non-hydrogen) atoms. The Hall–Kier alpha value is -1.09. The Labute approximate surface area is 64.8 Å². The third-order valence-electron chi connectivity index (χ3n) is 1.87. The summed E-state index contributed by atoms with van der Waals surface area (Å²) in [7, 11) is 0. The van der Waals surface area contributed by atoms with Gasteiger partial charge >= 0.3 is 0 Å². The molecule has 1 aliphatic heterocycles. The lowest BCUT2D eigenvalue weighted by Crippen LogP contribution is -2.23. The van der Waals surface area contributed by atoms with Crippen LogP contribution in [0.1, 0.15) is 18.6 Å². The molecule has 0 aromatic carbocycles. The van der Waals surface area contributed by atoms with Gasteiger partial charge in [0.05, 0.1) is 6.10 Å². The summed E-state index contributed by atoms with van der Waals surface area (Å²) in [5.74, 6) is 0. The molecule has 58 valence electrons. The maximum absolute atomic E-state index is 10.6. The lowest BCUT2D eigenvalue weighted by molar-refractivity contribution is -0.605. The van der Waals surface area contributed by atoms with Crippen molar-refractivity contribution in [2.45, 2.75) is 19.1 Å². The van der Waals surface area contributed by atoms with Crippen LogP contribution in [-0.2, 0) is 4.74 Å². The van der Waals surface area contributed by atoms with Gasteiger partial charge in [0.15, 0.2) is 12.4 Å². The quantitative estimate of drug-likeness (QED) is 0.338. The van der Waals surface area contributed by atoms with Gasteiger partial charge in [0, 0.05) is 12.1 Å². The molecular formula is C8H9NO2. The molecule has 1 saturated heterocycles. The van der Waals surface area contributed by atoms with Crippen LogP contribution >= 0.6 is 0 Å². The maximum atomic E-state index is 10.6. The summed E-state index contributed by atoms with van der Waals surface area (Å²) in [6.07, 6.45) is 3.52. The summed E-state index contributed by atoms with van der Waals surface area (Å²) in [5.41, 5.74) is 1.09. The summed E-state index contributed by atoms with van der Waals surface area (Å²) in [5, 5.41) is 10.6. The van der Waals surface area contributed by atoms with Gasteiger partial charge in [0.1, 0.15) is 6.10 Å². The SMILES string of the molecule is C[C@@H]1O[C@H]1c1cc[n+]([O-])cc1. The van der Waals surface area contributed by atoms with E-state index in [4.69, 9.17) is 4.74 Å². The van der Waals surface area contributed by atoms with E-state index in [0.717, 1.165) is 10.3 Å². The summed E-state index contributed by atoms with van der Waals surface area (Å²) in [6, 6.07) is 3.59. The summed E-state index contributed by atoms with van der Waals surface area (Å²) in [6.45, 7) is 2.02. The third-order valence-corrected chi connectivity index (χ3v) is 1.87. The average Bonchev–Trinajstić information content (AvgIpc) is 2.69. The summed E-state index contributed by atoms with van der Waals surface area (Å²) >= 11 is 0. The van der Waals surface area contributed by atoms with Crippen LogP contribution in [0.25, 0.3) is 0 Å². The average molecular weight is 151 g/mol. The molecular weight excluding hydrogens is 142 g/mol. The van der Waals surface area contributed by atoms with Crippen LogP contribution in [-0.4, -0.2) is 6.10 Å². The molecule has 0 N–H and O–H groups in total. The minimum Gasteiger partial charge on any atom is -0.619 e. The normalized spacial score (nSPS) is 28.5. The molecule has 1 aromatic heterocycles. The first-order chi connectivity index (χ1) is 5.27. The minimum absolute atomic E-state index is 0.219. The van der Waals surface area contributed by atoms with E-state index >= 15 is 0 Å². The van der Waals surface area contributed by atoms with Crippen molar-refractivity contribution in [3.8, 4) is 0 Å². The largest absolute Gasteiger partial charge is 0.619 e. The fraction of sp³-hybridized carbons (Fsp3) is 0.375. The number of hydrogen-bond acceptors (Lipinski definition) is 2. The lowest BCUT2D eigenvalue weighted by Gasteiger charge is -1.95. The fourth-order valence-electron chi connectivity index (χ4n) is 1.15. The highest BCUT2D eigenvalue weighted by atomic mass is 16.6. The number of pyridine rings is 1. The van der Waals surface area contributed by atoms with E-state index in [1.807, 2.05) is 6.92 Å². The monoisotopic (exact) mass is 151 g/mol. The second kappa shape index (κ2) is 2.20. The smallest absolute Gasteiger partial charge is 0.180 e. The van der Waals surface area contributed by atoms with Crippen molar-refractivity contribution in [2.24, 2.45) is 0 Å². The molecule has 1 aliphatic rings. The molecule has 1 aromatic rings. The number of epoxide rings is 1. The number of ether oxygens (including phenoxy) is 1. The number of aromatic nitrogens is 1. The van der Waals surface area contributed by atoms with Gasteiger partial charge in [-0.05, 0) is 12.5 Å². The summed E-state index contributed by atoms with van der Waals surface area (Å²) < 4.78 is 6.01. The first-order valence-electron chi connectivity index (χ1n) is 3.61. The highest BCUT2D eigenvalue weighted by Crippen LogP contribution is 2.37. The minimum atomic E-state index is 0.219. The second-order valence-corrected chi connectivity index (χ2v) is 2.75. The van der Waals surface area contributed by atoms with Crippen LogP contribution in [0.2, 0.25) is 0 Å². The third kappa shape index (κ3) is 1.19. The molecule has 2 heterocycles. The first kappa shape index (κ1) is 6.61. The number of nitrogens with zero attached hydrogens (tertiary/aromatic N) is 1. The van der Waals surface area contributed by atoms with E-state index in [9.17, 15) is 5.21 Å². The van der Waals surface area contributed by atoms with Crippen molar-refractivity contribution < 1.29 is 9.47 Å². The van der Waals surface area contributed by atoms with Gasteiger partial charge in [-0.2, -0.15) is 4.73 Å². The fourth-order valence-corrected chi connectivity index (χ4v) is 1.15. The maximum Gasteiger partial charge on any atom is 0.180 e. The Kier molecular flexibility index (Phi) is 1.32. The predicted octanol–water partition coefficient (Wildman–Crippen LogP) is 0.780. The Morgan fingerprint density at radius 3 is 2.45 bits per heavy atom. The summed E-state index contributed by atoms with van der Waals surface area (Å²) in [4.78, 5) is 0. The molecule has 0 aliphatic carbocycles. The zero-order chi connectivity index (χ0) is 7.84. The number of rotatable bonds is 1. The Morgan fingerprint density at radius 1 is 1.45 bits per heavy atom. The van der Waals surface area contributed by atoms with E-state index in [2.05, 4.69) is 0 Å². The molecule has 0 saturated carbocycles. The molecule has 0 radical (unpaired) electrons. The first-order valence-corrected chi connectivity index (χ1v) is 3.61. The van der Waals surface area contributed by atoms with Crippen molar-refractivity contribution in [3.05, 3.63) is 35.3 Å². The van der Waals surface area contributed by atoms with Gasteiger partial charge in [0.25, 0.3) is 0 Å². The standard InChI is InChI=1S/C8H9NO2/c1-6-8(11-6)7-2-4-9(10)5-3-7/h2-6,8H,1H3/t6-,8+/m0/s1. The highest BCUT2D eigenvalue weighted by molar-refractivity contribution is 5.16. The molecule has 0 spiro atoms. The molecule has 2 rings (SSSR count). The van der Waals surface area contributed by atoms with E-state index in [-0.39, 0.29) is 6.10 Å². The number of hydrogen-bond donors (Lipinski definition) is 0. The molecule has 3 heteroatoms. The topological polar surface area (TPSA) is 39.5 Å². The van der Waals surface area contributed by atoms with Crippen LogP contribution < -0.4 is 4.73 Å². The van der Waals surface area contributed by atoms with Crippen LogP contribution in [0.15, 0.2) is 24.5 Å². The van der Waals surface area contributed by atoms with E-state index in [1.54, 1.807) is 12.1 Å². The van der Waals surface area contributed by atoms with Crippen molar-refractivity contribution in [2.75, 3.05) is 0 Å². The zero-order valence-electron chi connectivity index (χ0n) is 6.23. The van der Waals surface area contributed by atoms with Crippen molar-refractivity contribution in [1.29, 1.82) is 0 Å². The Bertz CT molecular complexity index is 257. The van der Waals surface area contributed by atoms with Crippen LogP contribution in [0.3, 0.4) is 0 Å². The van der Waals surface area contributed by atoms with Crippen LogP contribution in [0, 0.1) is 5.21 Å². The van der Waals surface area contributed by atoms with Crippen molar-refractivity contribution in [1.82, 2.24) is 0 Å². The highest BCUT2D eigenvalue weighted by Gasteiger charge is 2.35. The molecule has 3 nitrogen and oxygen atoms in total. The second-order valence-electron chi connectivity index (χ2n) is 2.75. The van der Waals surface area contributed by atoms with Gasteiger partial charge in [-0.3, -0.25) is 0 Å². The van der Waals surface area contributed by atoms with Gasteiger partial charge < -0.3 is 9.94 Å². The molecule has 0 amide bonds. The van der Waals surface area contributed by atoms with Crippen LogP contribution in [0.4, 0.5) is 0 Å². The van der Waals surface area contributed by atoms with Gasteiger partial charge in [-0.15, -0.1) is 0 Å². The predicted molar refractivity (Wildman–Crippen MR) is 38.7 cm³/mol. The van der Waals surface area contributed by atoms with E-state index < -0.39 is 0 Å². The van der Waals surface area contributed by atoms with E-state index in [0.29, 0.717) is 6.10 Å². The Balaban J connectivity index is 2.21. The van der Waals surface area contributed by atoms with Gasteiger partial charge in [0.2, 0.25) is 0 Å². The van der Waals surface area contributed by atoms with Gasteiger partial charge in [-0.1, -0.05) is 0 Å². The zero-order valence-corrected chi connectivity index (χ0v) is 6.23.